The lowest BCUT2D eigenvalue weighted by Crippen LogP contribution is -1.99. The summed E-state index contributed by atoms with van der Waals surface area (Å²) in [6.07, 6.45) is 0. The molecule has 0 bridgehead atoms. The molecule has 3 aromatic carbocycles. The van der Waals surface area contributed by atoms with Crippen LogP contribution in [0, 0.1) is 0 Å². The van der Waals surface area contributed by atoms with E-state index in [9.17, 15) is 5.11 Å². The van der Waals surface area contributed by atoms with Gasteiger partial charge in [-0.2, -0.15) is 0 Å². The zero-order valence-corrected chi connectivity index (χ0v) is 12.9. The number of phenols is 1. The highest BCUT2D eigenvalue weighted by Gasteiger charge is 2.14. The lowest BCUT2D eigenvalue weighted by Gasteiger charge is -2.05. The Morgan fingerprint density at radius 3 is 1.96 bits per heavy atom. The van der Waals surface area contributed by atoms with E-state index in [1.807, 2.05) is 77.5 Å². The SMILES string of the molecule is Oc1ccc(-c2nc(-c3ccccc3)n(-c3ccccc3)n2)cc1. The van der Waals surface area contributed by atoms with Gasteiger partial charge in [0.15, 0.2) is 11.6 Å². The van der Waals surface area contributed by atoms with Gasteiger partial charge < -0.3 is 5.11 Å². The first-order valence-electron chi connectivity index (χ1n) is 7.68. The molecule has 0 atom stereocenters. The summed E-state index contributed by atoms with van der Waals surface area (Å²) >= 11 is 0. The molecule has 0 saturated heterocycles. The quantitative estimate of drug-likeness (QED) is 0.613. The predicted octanol–water partition coefficient (Wildman–Crippen LogP) is 4.31. The molecule has 24 heavy (non-hydrogen) atoms. The van der Waals surface area contributed by atoms with Gasteiger partial charge in [-0.25, -0.2) is 9.67 Å². The van der Waals surface area contributed by atoms with Crippen molar-refractivity contribution in [3.05, 3.63) is 84.9 Å². The van der Waals surface area contributed by atoms with Crippen LogP contribution in [0.3, 0.4) is 0 Å². The van der Waals surface area contributed by atoms with Gasteiger partial charge in [0.05, 0.1) is 5.69 Å². The molecule has 0 unspecified atom stereocenters. The maximum absolute atomic E-state index is 9.47. The standard InChI is InChI=1S/C20H15N3O/c24-18-13-11-15(12-14-18)19-21-20(16-7-3-1-4-8-16)23(22-19)17-9-5-2-6-10-17/h1-14,24H. The van der Waals surface area contributed by atoms with Gasteiger partial charge in [0.2, 0.25) is 0 Å². The summed E-state index contributed by atoms with van der Waals surface area (Å²) in [5.41, 5.74) is 2.81. The molecule has 0 aliphatic rings. The molecule has 4 heteroatoms. The second-order valence-corrected chi connectivity index (χ2v) is 5.42. The van der Waals surface area contributed by atoms with Crippen LogP contribution in [0.25, 0.3) is 28.5 Å². The van der Waals surface area contributed by atoms with Crippen molar-refractivity contribution in [1.82, 2.24) is 14.8 Å². The summed E-state index contributed by atoms with van der Waals surface area (Å²) in [6, 6.07) is 26.8. The maximum atomic E-state index is 9.47. The first-order chi connectivity index (χ1) is 11.8. The van der Waals surface area contributed by atoms with Gasteiger partial charge in [-0.05, 0) is 36.4 Å². The number of hydrogen-bond donors (Lipinski definition) is 1. The number of para-hydroxylation sites is 1. The number of aromatic nitrogens is 3. The van der Waals surface area contributed by atoms with Gasteiger partial charge in [0.1, 0.15) is 5.75 Å². The van der Waals surface area contributed by atoms with Crippen molar-refractivity contribution in [2.75, 3.05) is 0 Å². The summed E-state index contributed by atoms with van der Waals surface area (Å²) in [5, 5.41) is 14.2. The van der Waals surface area contributed by atoms with Crippen molar-refractivity contribution >= 4 is 0 Å². The van der Waals surface area contributed by atoms with Crippen molar-refractivity contribution in [2.24, 2.45) is 0 Å². The van der Waals surface area contributed by atoms with E-state index in [0.717, 1.165) is 22.6 Å². The summed E-state index contributed by atoms with van der Waals surface area (Å²) in [6.45, 7) is 0. The number of benzene rings is 3. The fourth-order valence-electron chi connectivity index (χ4n) is 2.57. The van der Waals surface area contributed by atoms with E-state index in [4.69, 9.17) is 4.98 Å². The lowest BCUT2D eigenvalue weighted by atomic mass is 10.2. The molecule has 0 spiro atoms. The van der Waals surface area contributed by atoms with E-state index >= 15 is 0 Å². The van der Waals surface area contributed by atoms with Crippen molar-refractivity contribution in [1.29, 1.82) is 0 Å². The Labute approximate surface area is 139 Å². The first-order valence-corrected chi connectivity index (χ1v) is 7.68. The monoisotopic (exact) mass is 313 g/mol. The van der Waals surface area contributed by atoms with E-state index in [0.29, 0.717) is 5.82 Å². The van der Waals surface area contributed by atoms with E-state index in [1.165, 1.54) is 0 Å². The number of rotatable bonds is 3. The smallest absolute Gasteiger partial charge is 0.182 e. The zero-order valence-electron chi connectivity index (χ0n) is 12.9. The molecule has 4 nitrogen and oxygen atoms in total. The molecule has 1 heterocycles. The third-order valence-corrected chi connectivity index (χ3v) is 3.77. The van der Waals surface area contributed by atoms with Crippen LogP contribution in [0.2, 0.25) is 0 Å². The maximum Gasteiger partial charge on any atom is 0.182 e. The molecule has 0 saturated carbocycles. The third-order valence-electron chi connectivity index (χ3n) is 3.77. The Morgan fingerprint density at radius 2 is 1.29 bits per heavy atom. The molecule has 1 N–H and O–H groups in total. The van der Waals surface area contributed by atoms with Crippen LogP contribution < -0.4 is 0 Å². The number of phenolic OH excluding ortho intramolecular Hbond substituents is 1. The van der Waals surface area contributed by atoms with Crippen LogP contribution in [-0.4, -0.2) is 19.9 Å². The molecule has 4 aromatic rings. The van der Waals surface area contributed by atoms with Crippen LogP contribution in [-0.2, 0) is 0 Å². The van der Waals surface area contributed by atoms with Gasteiger partial charge in [0.25, 0.3) is 0 Å². The molecule has 4 rings (SSSR count). The van der Waals surface area contributed by atoms with Gasteiger partial charge in [-0.3, -0.25) is 0 Å². The number of aromatic hydroxyl groups is 1. The van der Waals surface area contributed by atoms with Gasteiger partial charge >= 0.3 is 0 Å². The largest absolute Gasteiger partial charge is 0.508 e. The molecular weight excluding hydrogens is 298 g/mol. The van der Waals surface area contributed by atoms with Crippen molar-refractivity contribution < 1.29 is 5.11 Å². The zero-order chi connectivity index (χ0) is 16.4. The van der Waals surface area contributed by atoms with Gasteiger partial charge in [-0.15, -0.1) is 5.10 Å². The molecule has 0 aliphatic heterocycles. The van der Waals surface area contributed by atoms with Crippen molar-refractivity contribution in [3.63, 3.8) is 0 Å². The average Bonchev–Trinajstić information content (AvgIpc) is 3.09. The summed E-state index contributed by atoms with van der Waals surface area (Å²) in [5.74, 6) is 1.63. The van der Waals surface area contributed by atoms with Crippen LogP contribution >= 0.6 is 0 Å². The fraction of sp³-hybridized carbons (Fsp3) is 0. The summed E-state index contributed by atoms with van der Waals surface area (Å²) < 4.78 is 1.84. The highest BCUT2D eigenvalue weighted by Crippen LogP contribution is 2.26. The van der Waals surface area contributed by atoms with Gasteiger partial charge in [-0.1, -0.05) is 48.5 Å². The first kappa shape index (κ1) is 14.2. The molecular formula is C20H15N3O. The molecule has 0 fully saturated rings. The second-order valence-electron chi connectivity index (χ2n) is 5.42. The van der Waals surface area contributed by atoms with E-state index in [2.05, 4.69) is 5.10 Å². The number of nitrogens with zero attached hydrogens (tertiary/aromatic N) is 3. The van der Waals surface area contributed by atoms with Crippen LogP contribution in [0.5, 0.6) is 5.75 Å². The Hall–Kier alpha value is -3.40. The van der Waals surface area contributed by atoms with E-state index < -0.39 is 0 Å². The molecule has 0 amide bonds. The Kier molecular flexibility index (Phi) is 3.56. The van der Waals surface area contributed by atoms with Crippen molar-refractivity contribution in [2.45, 2.75) is 0 Å². The molecule has 116 valence electrons. The van der Waals surface area contributed by atoms with Crippen LogP contribution in [0.4, 0.5) is 0 Å². The van der Waals surface area contributed by atoms with Crippen molar-refractivity contribution in [3.8, 4) is 34.2 Å². The van der Waals surface area contributed by atoms with Crippen LogP contribution in [0.15, 0.2) is 84.9 Å². The predicted molar refractivity (Wildman–Crippen MR) is 93.9 cm³/mol. The molecule has 0 aliphatic carbocycles. The van der Waals surface area contributed by atoms with E-state index in [1.54, 1.807) is 12.1 Å². The average molecular weight is 313 g/mol. The normalized spacial score (nSPS) is 10.7. The summed E-state index contributed by atoms with van der Waals surface area (Å²) in [7, 11) is 0. The Bertz CT molecular complexity index is 888. The van der Waals surface area contributed by atoms with E-state index in [-0.39, 0.29) is 5.75 Å². The van der Waals surface area contributed by atoms with Gasteiger partial charge in [0, 0.05) is 11.1 Å². The number of hydrogen-bond acceptors (Lipinski definition) is 3. The minimum absolute atomic E-state index is 0.226. The third kappa shape index (κ3) is 2.65. The molecule has 1 aromatic heterocycles. The minimum Gasteiger partial charge on any atom is -0.508 e. The topological polar surface area (TPSA) is 50.9 Å². The Morgan fingerprint density at radius 1 is 0.667 bits per heavy atom. The highest BCUT2D eigenvalue weighted by atomic mass is 16.3. The van der Waals surface area contributed by atoms with Crippen LogP contribution in [0.1, 0.15) is 0 Å². The Balaban J connectivity index is 1.89. The minimum atomic E-state index is 0.226. The lowest BCUT2D eigenvalue weighted by molar-refractivity contribution is 0.475. The summed E-state index contributed by atoms with van der Waals surface area (Å²) in [4.78, 5) is 4.73. The fourth-order valence-corrected chi connectivity index (χ4v) is 2.57. The molecule has 0 radical (unpaired) electrons. The highest BCUT2D eigenvalue weighted by molar-refractivity contribution is 5.64. The second kappa shape index (κ2) is 6.01.